The van der Waals surface area contributed by atoms with E-state index in [1.165, 1.54) is 16.2 Å². The molecule has 36 heavy (non-hydrogen) atoms. The van der Waals surface area contributed by atoms with Crippen LogP contribution in [0, 0.1) is 25.2 Å². The average Bonchev–Trinajstić information content (AvgIpc) is 3.25. The van der Waals surface area contributed by atoms with E-state index in [1.54, 1.807) is 17.0 Å². The number of carbonyl (C=O) groups excluding carboxylic acids is 1. The van der Waals surface area contributed by atoms with E-state index in [-0.39, 0.29) is 12.6 Å². The minimum absolute atomic E-state index is 0.264. The fourth-order valence-electron chi connectivity index (χ4n) is 5.10. The van der Waals surface area contributed by atoms with Crippen LogP contribution in [0.4, 0.5) is 14.7 Å². The molecule has 9 nitrogen and oxygen atoms in total. The number of hydrogen-bond donors (Lipinski definition) is 2. The van der Waals surface area contributed by atoms with E-state index in [2.05, 4.69) is 16.4 Å². The maximum Gasteiger partial charge on any atom is 0.407 e. The highest BCUT2D eigenvalue weighted by Crippen LogP contribution is 2.42. The van der Waals surface area contributed by atoms with Crippen molar-refractivity contribution in [1.82, 2.24) is 19.8 Å². The molecule has 1 aliphatic heterocycles. The first-order valence-electron chi connectivity index (χ1n) is 11.8. The Bertz CT molecular complexity index is 1370. The minimum atomic E-state index is -0.946. The summed E-state index contributed by atoms with van der Waals surface area (Å²) in [6.45, 7) is 4.84. The van der Waals surface area contributed by atoms with Crippen molar-refractivity contribution in [3.8, 4) is 27.8 Å². The van der Waals surface area contributed by atoms with Crippen molar-refractivity contribution >= 4 is 28.6 Å². The lowest BCUT2D eigenvalue weighted by Gasteiger charge is -2.54. The van der Waals surface area contributed by atoms with Crippen molar-refractivity contribution in [1.29, 1.82) is 5.26 Å². The quantitative estimate of drug-likeness (QED) is 0.513. The first-order chi connectivity index (χ1) is 17.3. The van der Waals surface area contributed by atoms with Crippen LogP contribution in [0.3, 0.4) is 0 Å². The molecule has 2 aromatic heterocycles. The first kappa shape index (κ1) is 23.8. The number of aryl methyl sites for hydroxylation is 2. The second kappa shape index (κ2) is 9.24. The monoisotopic (exact) mass is 502 g/mol. The number of benzene rings is 1. The first-order valence-corrected chi connectivity index (χ1v) is 12.6. The summed E-state index contributed by atoms with van der Waals surface area (Å²) in [4.78, 5) is 38.3. The Kier molecular flexibility index (Phi) is 6.10. The molecule has 2 fully saturated rings. The summed E-state index contributed by atoms with van der Waals surface area (Å²) in [5.74, 6) is 0. The molecule has 1 saturated carbocycles. The van der Waals surface area contributed by atoms with Gasteiger partial charge in [-0.1, -0.05) is 23.5 Å². The molecule has 1 aliphatic carbocycles. The number of nitrogens with one attached hydrogen (secondary N) is 1. The van der Waals surface area contributed by atoms with E-state index in [1.807, 2.05) is 38.1 Å². The molecule has 0 bridgehead atoms. The van der Waals surface area contributed by atoms with Crippen LogP contribution >= 0.6 is 11.3 Å². The molecule has 10 heteroatoms. The molecular formula is C26H26N6O3S. The predicted octanol–water partition coefficient (Wildman–Crippen LogP) is 5.11. The summed E-state index contributed by atoms with van der Waals surface area (Å²) in [5, 5.41) is 22.3. The van der Waals surface area contributed by atoms with Gasteiger partial charge in [-0.05, 0) is 62.9 Å². The number of nitrogens with zero attached hydrogens (tertiary/aromatic N) is 5. The van der Waals surface area contributed by atoms with E-state index in [4.69, 9.17) is 4.98 Å². The van der Waals surface area contributed by atoms with Gasteiger partial charge in [-0.3, -0.25) is 10.3 Å². The van der Waals surface area contributed by atoms with Gasteiger partial charge in [-0.15, -0.1) is 0 Å². The Hall–Kier alpha value is -3.97. The van der Waals surface area contributed by atoms with Crippen LogP contribution in [-0.4, -0.2) is 62.2 Å². The molecule has 2 N–H and O–H groups in total. The zero-order valence-electron chi connectivity index (χ0n) is 20.1. The minimum Gasteiger partial charge on any atom is -0.465 e. The van der Waals surface area contributed by atoms with Gasteiger partial charge in [0.15, 0.2) is 5.13 Å². The molecule has 0 radical (unpaired) electrons. The number of rotatable bonds is 3. The smallest absolute Gasteiger partial charge is 0.407 e. The predicted molar refractivity (Wildman–Crippen MR) is 137 cm³/mol. The number of amides is 3. The molecule has 0 unspecified atom stereocenters. The normalized spacial score (nSPS) is 16.4. The van der Waals surface area contributed by atoms with E-state index >= 15 is 0 Å². The largest absolute Gasteiger partial charge is 0.465 e. The van der Waals surface area contributed by atoms with Gasteiger partial charge in [-0.25, -0.2) is 14.6 Å². The highest BCUT2D eigenvalue weighted by Gasteiger charge is 2.49. The Balaban J connectivity index is 1.49. The van der Waals surface area contributed by atoms with Crippen LogP contribution in [0.2, 0.25) is 0 Å². The molecule has 184 valence electrons. The van der Waals surface area contributed by atoms with Gasteiger partial charge >= 0.3 is 12.1 Å². The molecule has 1 aromatic carbocycles. The molecule has 2 aliphatic rings. The van der Waals surface area contributed by atoms with Gasteiger partial charge in [0.05, 0.1) is 27.7 Å². The number of carbonyl (C=O) groups is 2. The maximum absolute atomic E-state index is 13.4. The molecular weight excluding hydrogens is 476 g/mol. The van der Waals surface area contributed by atoms with Crippen LogP contribution in [0.5, 0.6) is 0 Å². The van der Waals surface area contributed by atoms with E-state index in [9.17, 15) is 20.0 Å². The zero-order valence-corrected chi connectivity index (χ0v) is 20.9. The third kappa shape index (κ3) is 4.38. The third-order valence-corrected chi connectivity index (χ3v) is 7.92. The Morgan fingerprint density at radius 1 is 1.11 bits per heavy atom. The highest BCUT2D eigenvalue weighted by molar-refractivity contribution is 7.19. The number of urea groups is 1. The summed E-state index contributed by atoms with van der Waals surface area (Å²) in [5.41, 5.74) is 4.26. The lowest BCUT2D eigenvalue weighted by Crippen LogP contribution is -2.68. The Morgan fingerprint density at radius 3 is 2.50 bits per heavy atom. The van der Waals surface area contributed by atoms with Gasteiger partial charge in [0.1, 0.15) is 0 Å². The number of hydrogen-bond acceptors (Lipinski definition) is 6. The lowest BCUT2D eigenvalue weighted by atomic mass is 9.74. The number of aromatic nitrogens is 2. The van der Waals surface area contributed by atoms with Crippen LogP contribution < -0.4 is 5.32 Å². The molecule has 0 atom stereocenters. The molecule has 3 heterocycles. The van der Waals surface area contributed by atoms with Crippen LogP contribution in [0.1, 0.15) is 36.2 Å². The maximum atomic E-state index is 13.4. The number of pyridine rings is 1. The zero-order chi connectivity index (χ0) is 25.4. The molecule has 1 saturated heterocycles. The molecule has 3 aromatic rings. The van der Waals surface area contributed by atoms with Gasteiger partial charge in [0.25, 0.3) is 0 Å². The van der Waals surface area contributed by atoms with Crippen LogP contribution in [-0.2, 0) is 0 Å². The van der Waals surface area contributed by atoms with Gasteiger partial charge in [-0.2, -0.15) is 5.26 Å². The van der Waals surface area contributed by atoms with E-state index in [0.717, 1.165) is 46.7 Å². The molecule has 3 amide bonds. The third-order valence-electron chi connectivity index (χ3n) is 6.90. The summed E-state index contributed by atoms with van der Waals surface area (Å²) < 4.78 is 0. The summed E-state index contributed by atoms with van der Waals surface area (Å²) in [6.07, 6.45) is 1.60. The average molecular weight is 503 g/mol. The van der Waals surface area contributed by atoms with Crippen molar-refractivity contribution in [2.24, 2.45) is 0 Å². The highest BCUT2D eigenvalue weighted by atomic mass is 32.1. The summed E-state index contributed by atoms with van der Waals surface area (Å²) in [6, 6.07) is 13.1. The Labute approximate surface area is 213 Å². The van der Waals surface area contributed by atoms with Crippen molar-refractivity contribution in [2.45, 2.75) is 38.6 Å². The van der Waals surface area contributed by atoms with Gasteiger partial charge in [0, 0.05) is 36.6 Å². The topological polar surface area (TPSA) is 122 Å². The summed E-state index contributed by atoms with van der Waals surface area (Å²) in [7, 11) is 0. The second-order valence-corrected chi connectivity index (χ2v) is 10.4. The van der Waals surface area contributed by atoms with Crippen molar-refractivity contribution < 1.29 is 14.7 Å². The van der Waals surface area contributed by atoms with Gasteiger partial charge in [0.2, 0.25) is 0 Å². The second-order valence-electron chi connectivity index (χ2n) is 9.39. The fourth-order valence-corrected chi connectivity index (χ4v) is 6.06. The van der Waals surface area contributed by atoms with Gasteiger partial charge < -0.3 is 14.9 Å². The van der Waals surface area contributed by atoms with Crippen molar-refractivity contribution in [2.75, 3.05) is 25.0 Å². The standard InChI is InChI=1S/C26H26N6O3S/c1-16-11-20(12-17(2)28-16)22-21(19-6-3-5-18(13-19)14-27)29-23(36-22)30-24(33)32-10-9-31(25(34)35)15-26(32)7-4-8-26/h3,5-6,11-13H,4,7-10,15H2,1-2H3,(H,34,35)(H,29,30,33). The molecule has 1 spiro atoms. The van der Waals surface area contributed by atoms with E-state index < -0.39 is 11.6 Å². The Morgan fingerprint density at radius 2 is 1.86 bits per heavy atom. The number of piperazine rings is 1. The van der Waals surface area contributed by atoms with Crippen LogP contribution in [0.25, 0.3) is 21.7 Å². The fraction of sp³-hybridized carbons (Fsp3) is 0.346. The SMILES string of the molecule is Cc1cc(-c2sc(NC(=O)N3CCN(C(=O)O)CC34CCC4)nc2-c2cccc(C#N)c2)cc(C)n1. The van der Waals surface area contributed by atoms with Crippen LogP contribution in [0.15, 0.2) is 36.4 Å². The number of carboxylic acid groups (broad SMARTS) is 1. The molecule has 5 rings (SSSR count). The van der Waals surface area contributed by atoms with Crippen molar-refractivity contribution in [3.63, 3.8) is 0 Å². The van der Waals surface area contributed by atoms with E-state index in [0.29, 0.717) is 29.5 Å². The number of thiazole rings is 1. The van der Waals surface area contributed by atoms with Crippen molar-refractivity contribution in [3.05, 3.63) is 53.3 Å². The number of anilines is 1. The summed E-state index contributed by atoms with van der Waals surface area (Å²) >= 11 is 1.38. The lowest BCUT2D eigenvalue weighted by molar-refractivity contribution is -0.0155. The number of nitriles is 1.